The molecule has 2 heteroatoms. The van der Waals surface area contributed by atoms with Gasteiger partial charge < -0.3 is 5.32 Å². The van der Waals surface area contributed by atoms with Gasteiger partial charge in [0, 0.05) is 18.1 Å². The molecule has 0 radical (unpaired) electrons. The lowest BCUT2D eigenvalue weighted by atomic mass is 9.99. The Balaban J connectivity index is 2.34. The first-order valence-corrected chi connectivity index (χ1v) is 5.51. The van der Waals surface area contributed by atoms with Gasteiger partial charge in [-0.1, -0.05) is 6.92 Å². The van der Waals surface area contributed by atoms with Gasteiger partial charge in [0.05, 0.1) is 0 Å². The van der Waals surface area contributed by atoms with Crippen LogP contribution >= 0.6 is 0 Å². The van der Waals surface area contributed by atoms with E-state index in [1.807, 2.05) is 0 Å². The molecule has 1 saturated heterocycles. The summed E-state index contributed by atoms with van der Waals surface area (Å²) in [4.78, 5) is 2.48. The zero-order chi connectivity index (χ0) is 9.90. The largest absolute Gasteiger partial charge is 0.313 e. The molecule has 1 heterocycles. The number of rotatable bonds is 4. The predicted molar refractivity (Wildman–Crippen MR) is 58.0 cm³/mol. The average molecular weight is 184 g/mol. The summed E-state index contributed by atoms with van der Waals surface area (Å²) in [6.45, 7) is 9.31. The van der Waals surface area contributed by atoms with Crippen LogP contribution in [-0.2, 0) is 0 Å². The molecule has 0 aromatic carbocycles. The third-order valence-corrected chi connectivity index (χ3v) is 3.56. The minimum Gasteiger partial charge on any atom is -0.313 e. The van der Waals surface area contributed by atoms with Crippen LogP contribution in [0.5, 0.6) is 0 Å². The maximum Gasteiger partial charge on any atom is 0.0195 e. The molecule has 78 valence electrons. The Hall–Kier alpha value is -0.0800. The first-order chi connectivity index (χ1) is 6.06. The van der Waals surface area contributed by atoms with Gasteiger partial charge in [0.25, 0.3) is 0 Å². The molecule has 1 rings (SSSR count). The number of likely N-dealkylation sites (N-methyl/N-ethyl adjacent to an activating group) is 1. The quantitative estimate of drug-likeness (QED) is 0.717. The predicted octanol–water partition coefficient (Wildman–Crippen LogP) is 1.86. The smallest absolute Gasteiger partial charge is 0.0195 e. The van der Waals surface area contributed by atoms with Crippen LogP contribution < -0.4 is 5.32 Å². The highest BCUT2D eigenvalue weighted by Crippen LogP contribution is 2.18. The van der Waals surface area contributed by atoms with Gasteiger partial charge >= 0.3 is 0 Å². The molecule has 1 atom stereocenters. The van der Waals surface area contributed by atoms with Crippen molar-refractivity contribution in [2.75, 3.05) is 20.1 Å². The van der Waals surface area contributed by atoms with Crippen LogP contribution in [0, 0.1) is 0 Å². The van der Waals surface area contributed by atoms with Crippen molar-refractivity contribution in [3.8, 4) is 0 Å². The van der Waals surface area contributed by atoms with Gasteiger partial charge in [-0.05, 0) is 46.7 Å². The maximum absolute atomic E-state index is 3.54. The SMILES string of the molecule is CCC(C)(C)N(C)C[C@@H]1CCCN1. The number of hydrogen-bond donors (Lipinski definition) is 1. The third kappa shape index (κ3) is 2.96. The molecular weight excluding hydrogens is 160 g/mol. The Morgan fingerprint density at radius 3 is 2.62 bits per heavy atom. The molecule has 0 aliphatic carbocycles. The van der Waals surface area contributed by atoms with Crippen LogP contribution in [0.3, 0.4) is 0 Å². The zero-order valence-electron chi connectivity index (χ0n) is 9.56. The lowest BCUT2D eigenvalue weighted by Gasteiger charge is -2.36. The molecule has 13 heavy (non-hydrogen) atoms. The third-order valence-electron chi connectivity index (χ3n) is 3.56. The molecule has 0 bridgehead atoms. The Labute approximate surface area is 82.7 Å². The number of nitrogens with one attached hydrogen (secondary N) is 1. The molecule has 0 spiro atoms. The minimum absolute atomic E-state index is 0.351. The van der Waals surface area contributed by atoms with Crippen LogP contribution in [0.15, 0.2) is 0 Å². The van der Waals surface area contributed by atoms with Crippen molar-refractivity contribution in [2.45, 2.75) is 51.6 Å². The van der Waals surface area contributed by atoms with Gasteiger partial charge in [-0.3, -0.25) is 4.90 Å². The van der Waals surface area contributed by atoms with Crippen LogP contribution in [0.4, 0.5) is 0 Å². The molecule has 0 unspecified atom stereocenters. The first-order valence-electron chi connectivity index (χ1n) is 5.51. The highest BCUT2D eigenvalue weighted by atomic mass is 15.2. The van der Waals surface area contributed by atoms with Crippen molar-refractivity contribution < 1.29 is 0 Å². The van der Waals surface area contributed by atoms with Crippen molar-refractivity contribution >= 4 is 0 Å². The standard InChI is InChI=1S/C11H24N2/c1-5-11(2,3)13(4)9-10-7-6-8-12-10/h10,12H,5-9H2,1-4H3/t10-/m0/s1. The van der Waals surface area contributed by atoms with Gasteiger partial charge in [-0.2, -0.15) is 0 Å². The summed E-state index contributed by atoms with van der Waals surface area (Å²) in [7, 11) is 2.24. The van der Waals surface area contributed by atoms with E-state index in [4.69, 9.17) is 0 Å². The summed E-state index contributed by atoms with van der Waals surface area (Å²) in [5.74, 6) is 0. The highest BCUT2D eigenvalue weighted by molar-refractivity contribution is 4.83. The zero-order valence-corrected chi connectivity index (χ0v) is 9.56. The van der Waals surface area contributed by atoms with Gasteiger partial charge in [-0.15, -0.1) is 0 Å². The Morgan fingerprint density at radius 1 is 1.46 bits per heavy atom. The fourth-order valence-corrected chi connectivity index (χ4v) is 1.76. The Morgan fingerprint density at radius 2 is 2.15 bits per heavy atom. The van der Waals surface area contributed by atoms with E-state index >= 15 is 0 Å². The van der Waals surface area contributed by atoms with E-state index < -0.39 is 0 Å². The summed E-state index contributed by atoms with van der Waals surface area (Å²) < 4.78 is 0. The Kier molecular flexibility index (Phi) is 3.74. The lowest BCUT2D eigenvalue weighted by Crippen LogP contribution is -2.46. The maximum atomic E-state index is 3.54. The van der Waals surface area contributed by atoms with E-state index in [1.54, 1.807) is 0 Å². The molecule has 1 aliphatic rings. The van der Waals surface area contributed by atoms with Crippen molar-refractivity contribution in [3.05, 3.63) is 0 Å². The summed E-state index contributed by atoms with van der Waals surface area (Å²) in [6.07, 6.45) is 3.92. The second-order valence-corrected chi connectivity index (χ2v) is 4.84. The van der Waals surface area contributed by atoms with Crippen molar-refractivity contribution in [1.29, 1.82) is 0 Å². The summed E-state index contributed by atoms with van der Waals surface area (Å²) in [5.41, 5.74) is 0.351. The number of hydrogen-bond acceptors (Lipinski definition) is 2. The van der Waals surface area contributed by atoms with E-state index in [0.29, 0.717) is 5.54 Å². The van der Waals surface area contributed by atoms with Crippen LogP contribution in [0.1, 0.15) is 40.0 Å². The topological polar surface area (TPSA) is 15.3 Å². The molecule has 1 aliphatic heterocycles. The van der Waals surface area contributed by atoms with E-state index in [-0.39, 0.29) is 0 Å². The van der Waals surface area contributed by atoms with E-state index in [1.165, 1.54) is 32.4 Å². The molecular formula is C11H24N2. The molecule has 2 nitrogen and oxygen atoms in total. The van der Waals surface area contributed by atoms with Crippen LogP contribution in [0.25, 0.3) is 0 Å². The first kappa shape index (κ1) is 11.0. The van der Waals surface area contributed by atoms with Gasteiger partial charge in [0.2, 0.25) is 0 Å². The van der Waals surface area contributed by atoms with Crippen LogP contribution in [-0.4, -0.2) is 36.6 Å². The fourth-order valence-electron chi connectivity index (χ4n) is 1.76. The average Bonchev–Trinajstić information content (AvgIpc) is 2.57. The minimum atomic E-state index is 0.351. The van der Waals surface area contributed by atoms with Crippen molar-refractivity contribution in [1.82, 2.24) is 10.2 Å². The molecule has 1 N–H and O–H groups in total. The fraction of sp³-hybridized carbons (Fsp3) is 1.00. The van der Waals surface area contributed by atoms with Crippen LogP contribution in [0.2, 0.25) is 0 Å². The van der Waals surface area contributed by atoms with E-state index in [0.717, 1.165) is 6.04 Å². The summed E-state index contributed by atoms with van der Waals surface area (Å²) >= 11 is 0. The van der Waals surface area contributed by atoms with Gasteiger partial charge in [0.1, 0.15) is 0 Å². The van der Waals surface area contributed by atoms with E-state index in [2.05, 4.69) is 38.0 Å². The van der Waals surface area contributed by atoms with Crippen molar-refractivity contribution in [2.24, 2.45) is 0 Å². The summed E-state index contributed by atoms with van der Waals surface area (Å²) in [5, 5.41) is 3.54. The lowest BCUT2D eigenvalue weighted by molar-refractivity contribution is 0.139. The van der Waals surface area contributed by atoms with Gasteiger partial charge in [-0.25, -0.2) is 0 Å². The monoisotopic (exact) mass is 184 g/mol. The highest BCUT2D eigenvalue weighted by Gasteiger charge is 2.24. The second kappa shape index (κ2) is 4.43. The molecule has 1 fully saturated rings. The second-order valence-electron chi connectivity index (χ2n) is 4.84. The number of nitrogens with zero attached hydrogens (tertiary/aromatic N) is 1. The summed E-state index contributed by atoms with van der Waals surface area (Å²) in [6, 6.07) is 0.732. The van der Waals surface area contributed by atoms with Crippen molar-refractivity contribution in [3.63, 3.8) is 0 Å². The van der Waals surface area contributed by atoms with Gasteiger partial charge in [0.15, 0.2) is 0 Å². The molecule has 0 aromatic heterocycles. The normalized spacial score (nSPS) is 24.2. The molecule has 0 amide bonds. The molecule has 0 saturated carbocycles. The van der Waals surface area contributed by atoms with E-state index in [9.17, 15) is 0 Å². The Bertz CT molecular complexity index is 148. The molecule has 0 aromatic rings.